The lowest BCUT2D eigenvalue weighted by Gasteiger charge is -2.30. The predicted octanol–water partition coefficient (Wildman–Crippen LogP) is 4.71. The van der Waals surface area contributed by atoms with Crippen molar-refractivity contribution in [1.82, 2.24) is 0 Å². The third-order valence-corrected chi connectivity index (χ3v) is 5.05. The van der Waals surface area contributed by atoms with E-state index in [1.165, 1.54) is 0 Å². The van der Waals surface area contributed by atoms with Crippen LogP contribution in [0.15, 0.2) is 55.1 Å². The summed E-state index contributed by atoms with van der Waals surface area (Å²) in [5.41, 5.74) is 1.42. The summed E-state index contributed by atoms with van der Waals surface area (Å²) in [6, 6.07) is 13.0. The quantitative estimate of drug-likeness (QED) is 0.590. The van der Waals surface area contributed by atoms with Gasteiger partial charge >= 0.3 is 0 Å². The number of carbonyl (C=O) groups is 1. The second-order valence-electron chi connectivity index (χ2n) is 6.92. The van der Waals surface area contributed by atoms with Gasteiger partial charge in [-0.3, -0.25) is 4.79 Å². The Balaban J connectivity index is 1.93. The molecule has 2 aromatic carbocycles. The van der Waals surface area contributed by atoms with E-state index in [1.807, 2.05) is 29.2 Å². The molecule has 1 aliphatic rings. The van der Waals surface area contributed by atoms with E-state index in [0.29, 0.717) is 29.6 Å². The predicted molar refractivity (Wildman–Crippen MR) is 111 cm³/mol. The zero-order valence-electron chi connectivity index (χ0n) is 16.7. The minimum Gasteiger partial charge on any atom is -0.497 e. The Morgan fingerprint density at radius 2 is 1.86 bits per heavy atom. The molecule has 3 rings (SSSR count). The fraction of sp³-hybridized carbons (Fsp3) is 0.348. The molecule has 1 aliphatic carbocycles. The minimum absolute atomic E-state index is 0.0573. The summed E-state index contributed by atoms with van der Waals surface area (Å²) in [5, 5.41) is 0. The molecule has 0 radical (unpaired) electrons. The van der Waals surface area contributed by atoms with Crippen LogP contribution >= 0.6 is 0 Å². The fourth-order valence-corrected chi connectivity index (χ4v) is 3.28. The zero-order valence-corrected chi connectivity index (χ0v) is 16.7. The van der Waals surface area contributed by atoms with Gasteiger partial charge in [-0.1, -0.05) is 12.7 Å². The molecular formula is C23H27NO4. The maximum Gasteiger partial charge on any atom is 0.258 e. The first-order valence-corrected chi connectivity index (χ1v) is 9.48. The van der Waals surface area contributed by atoms with Crippen LogP contribution in [0.1, 0.15) is 30.1 Å². The Hall–Kier alpha value is -2.95. The smallest absolute Gasteiger partial charge is 0.258 e. The zero-order chi connectivity index (χ0) is 20.1. The van der Waals surface area contributed by atoms with Gasteiger partial charge in [-0.15, -0.1) is 0 Å². The normalized spacial score (nSPS) is 14.1. The monoisotopic (exact) mass is 381 g/mol. The summed E-state index contributed by atoms with van der Waals surface area (Å²) in [7, 11) is 3.20. The van der Waals surface area contributed by atoms with Crippen LogP contribution < -0.4 is 19.1 Å². The van der Waals surface area contributed by atoms with Crippen LogP contribution in [0.4, 0.5) is 5.69 Å². The first-order valence-electron chi connectivity index (χ1n) is 9.48. The number of amides is 1. The summed E-state index contributed by atoms with van der Waals surface area (Å²) in [6.45, 7) is 6.14. The van der Waals surface area contributed by atoms with Crippen molar-refractivity contribution in [1.29, 1.82) is 0 Å². The van der Waals surface area contributed by atoms with Crippen molar-refractivity contribution in [3.8, 4) is 17.2 Å². The van der Waals surface area contributed by atoms with Crippen molar-refractivity contribution < 1.29 is 19.0 Å². The number of rotatable bonds is 9. The summed E-state index contributed by atoms with van der Waals surface area (Å²) < 4.78 is 16.3. The number of methoxy groups -OCH3 is 2. The van der Waals surface area contributed by atoms with E-state index in [9.17, 15) is 4.79 Å². The Morgan fingerprint density at radius 3 is 2.43 bits per heavy atom. The first kappa shape index (κ1) is 19.8. The molecule has 0 heterocycles. The molecule has 2 aromatic rings. The van der Waals surface area contributed by atoms with Gasteiger partial charge in [0.15, 0.2) is 11.5 Å². The highest BCUT2D eigenvalue weighted by Crippen LogP contribution is 2.38. The van der Waals surface area contributed by atoms with Gasteiger partial charge < -0.3 is 19.1 Å². The van der Waals surface area contributed by atoms with Crippen molar-refractivity contribution >= 4 is 11.6 Å². The molecular weight excluding hydrogens is 354 g/mol. The van der Waals surface area contributed by atoms with Gasteiger partial charge in [-0.25, -0.2) is 0 Å². The molecule has 0 bridgehead atoms. The van der Waals surface area contributed by atoms with Crippen molar-refractivity contribution in [2.24, 2.45) is 5.92 Å². The number of benzene rings is 2. The van der Waals surface area contributed by atoms with Crippen LogP contribution in [0.25, 0.3) is 0 Å². The van der Waals surface area contributed by atoms with Gasteiger partial charge in [0, 0.05) is 17.3 Å². The summed E-state index contributed by atoms with van der Waals surface area (Å²) in [5.74, 6) is 2.36. The Labute approximate surface area is 166 Å². The molecule has 1 fully saturated rings. The molecule has 1 unspecified atom stereocenters. The third kappa shape index (κ3) is 4.30. The lowest BCUT2D eigenvalue weighted by atomic mass is 10.1. The summed E-state index contributed by atoms with van der Waals surface area (Å²) in [6.07, 6.45) is 3.97. The van der Waals surface area contributed by atoms with Gasteiger partial charge in [0.25, 0.3) is 5.91 Å². The molecule has 1 amide bonds. The molecule has 0 N–H and O–H groups in total. The van der Waals surface area contributed by atoms with Crippen molar-refractivity contribution in [3.05, 3.63) is 60.7 Å². The fourth-order valence-electron chi connectivity index (χ4n) is 3.28. The molecule has 28 heavy (non-hydrogen) atoms. The molecule has 0 aromatic heterocycles. The maximum absolute atomic E-state index is 13.4. The highest BCUT2D eigenvalue weighted by Gasteiger charge is 2.35. The van der Waals surface area contributed by atoms with Crippen LogP contribution in [0.5, 0.6) is 17.2 Å². The van der Waals surface area contributed by atoms with E-state index in [4.69, 9.17) is 14.2 Å². The lowest BCUT2D eigenvalue weighted by molar-refractivity contribution is 0.0975. The lowest BCUT2D eigenvalue weighted by Crippen LogP contribution is -2.40. The van der Waals surface area contributed by atoms with E-state index in [2.05, 4.69) is 13.5 Å². The molecule has 0 aliphatic heterocycles. The third-order valence-electron chi connectivity index (χ3n) is 5.05. The molecule has 0 spiro atoms. The van der Waals surface area contributed by atoms with E-state index >= 15 is 0 Å². The minimum atomic E-state index is -0.0573. The topological polar surface area (TPSA) is 48.0 Å². The highest BCUT2D eigenvalue weighted by atomic mass is 16.5. The van der Waals surface area contributed by atoms with Crippen LogP contribution in [-0.2, 0) is 0 Å². The van der Waals surface area contributed by atoms with Crippen molar-refractivity contribution in [2.45, 2.75) is 25.8 Å². The molecule has 148 valence electrons. The highest BCUT2D eigenvalue weighted by molar-refractivity contribution is 6.07. The van der Waals surface area contributed by atoms with E-state index in [-0.39, 0.29) is 11.9 Å². The maximum atomic E-state index is 13.4. The largest absolute Gasteiger partial charge is 0.497 e. The Morgan fingerprint density at radius 1 is 1.14 bits per heavy atom. The number of carbonyl (C=O) groups excluding carboxylic acids is 1. The average molecular weight is 381 g/mol. The van der Waals surface area contributed by atoms with Gasteiger partial charge in [-0.05, 0) is 68.1 Å². The van der Waals surface area contributed by atoms with E-state index in [0.717, 1.165) is 24.3 Å². The number of ether oxygens (including phenoxy) is 3. The Kier molecular flexibility index (Phi) is 6.24. The number of hydrogen-bond donors (Lipinski definition) is 0. The van der Waals surface area contributed by atoms with Crippen LogP contribution in [-0.4, -0.2) is 32.8 Å². The molecule has 1 saturated carbocycles. The SMILES string of the molecule is C=CCOc1ccc(C(=O)N(c2ccc(OC)cc2)C(C)C2CC2)cc1OC. The van der Waals surface area contributed by atoms with E-state index in [1.54, 1.807) is 38.5 Å². The number of hydrogen-bond acceptors (Lipinski definition) is 4. The molecule has 5 nitrogen and oxygen atoms in total. The first-order chi connectivity index (χ1) is 13.6. The summed E-state index contributed by atoms with van der Waals surface area (Å²) in [4.78, 5) is 15.3. The molecule has 0 saturated heterocycles. The summed E-state index contributed by atoms with van der Waals surface area (Å²) >= 11 is 0. The van der Waals surface area contributed by atoms with Crippen LogP contribution in [0.3, 0.4) is 0 Å². The second kappa shape index (κ2) is 8.83. The molecule has 1 atom stereocenters. The van der Waals surface area contributed by atoms with Gasteiger partial charge in [-0.2, -0.15) is 0 Å². The van der Waals surface area contributed by atoms with Crippen LogP contribution in [0.2, 0.25) is 0 Å². The average Bonchev–Trinajstić information content (AvgIpc) is 3.58. The van der Waals surface area contributed by atoms with Gasteiger partial charge in [0.05, 0.1) is 14.2 Å². The van der Waals surface area contributed by atoms with Gasteiger partial charge in [0.2, 0.25) is 0 Å². The Bertz CT molecular complexity index is 827. The standard InChI is InChI=1S/C23H27NO4/c1-5-14-28-21-13-8-18(15-22(21)27-4)23(25)24(16(2)17-6-7-17)19-9-11-20(26-3)12-10-19/h5,8-13,15-17H,1,6-7,14H2,2-4H3. The van der Waals surface area contributed by atoms with Crippen molar-refractivity contribution in [3.63, 3.8) is 0 Å². The number of anilines is 1. The van der Waals surface area contributed by atoms with Gasteiger partial charge in [0.1, 0.15) is 12.4 Å². The van der Waals surface area contributed by atoms with Crippen molar-refractivity contribution in [2.75, 3.05) is 25.7 Å². The van der Waals surface area contributed by atoms with Crippen LogP contribution in [0, 0.1) is 5.92 Å². The number of nitrogens with zero attached hydrogens (tertiary/aromatic N) is 1. The van der Waals surface area contributed by atoms with E-state index < -0.39 is 0 Å². The molecule has 5 heteroatoms. The second-order valence-corrected chi connectivity index (χ2v) is 6.92.